The normalized spacial score (nSPS) is 11.2. The molecule has 2 N–H and O–H groups in total. The minimum absolute atomic E-state index is 0.192. The molecule has 0 bridgehead atoms. The van der Waals surface area contributed by atoms with Crippen molar-refractivity contribution in [3.63, 3.8) is 0 Å². The van der Waals surface area contributed by atoms with E-state index in [1.165, 1.54) is 0 Å². The molecule has 0 aliphatic heterocycles. The Hall–Kier alpha value is -2.84. The number of nitrogens with zero attached hydrogens (tertiary/aromatic N) is 2. The number of carboxylic acids is 2. The summed E-state index contributed by atoms with van der Waals surface area (Å²) < 4.78 is 4.11. The van der Waals surface area contributed by atoms with Crippen molar-refractivity contribution in [2.45, 2.75) is 0 Å². The summed E-state index contributed by atoms with van der Waals surface area (Å²) >= 11 is 2.20. The Bertz CT molecular complexity index is 974. The van der Waals surface area contributed by atoms with Crippen LogP contribution in [0.4, 0.5) is 0 Å². The highest BCUT2D eigenvalue weighted by molar-refractivity contribution is 7.40. The van der Waals surface area contributed by atoms with Crippen LogP contribution in [-0.2, 0) is 0 Å². The van der Waals surface area contributed by atoms with E-state index in [1.54, 1.807) is 58.2 Å². The Balaban J connectivity index is 2.17. The maximum Gasteiger partial charge on any atom is 0.348 e. The first kappa shape index (κ1) is 14.7. The Kier molecular flexibility index (Phi) is 3.29. The van der Waals surface area contributed by atoms with Crippen molar-refractivity contribution in [1.82, 2.24) is 9.13 Å². The number of hydrogen-bond acceptors (Lipinski definition) is 4. The molecule has 6 nitrogen and oxygen atoms in total. The SMILES string of the molecule is O=C(O)c1sc2sc(C(=O)O)c(-n3cccc3)c2c1-n1cccc1. The third kappa shape index (κ3) is 2.08. The second-order valence-electron chi connectivity index (χ2n) is 5.01. The maximum atomic E-state index is 11.7. The van der Waals surface area contributed by atoms with Gasteiger partial charge in [-0.2, -0.15) is 0 Å². The fourth-order valence-corrected chi connectivity index (χ4v) is 5.10. The summed E-state index contributed by atoms with van der Waals surface area (Å²) in [6.07, 6.45) is 7.02. The van der Waals surface area contributed by atoms with E-state index in [1.807, 2.05) is 0 Å². The highest BCUT2D eigenvalue weighted by atomic mass is 32.2. The van der Waals surface area contributed by atoms with Gasteiger partial charge in [-0.3, -0.25) is 0 Å². The molecular formula is C16H10N2O4S2. The van der Waals surface area contributed by atoms with E-state index >= 15 is 0 Å². The van der Waals surface area contributed by atoms with Crippen LogP contribution in [0.15, 0.2) is 49.1 Å². The van der Waals surface area contributed by atoms with Crippen molar-refractivity contribution in [1.29, 1.82) is 0 Å². The predicted molar refractivity (Wildman–Crippen MR) is 92.3 cm³/mol. The molecule has 4 aromatic heterocycles. The molecule has 0 aliphatic rings. The molecule has 0 aromatic carbocycles. The molecule has 24 heavy (non-hydrogen) atoms. The molecule has 0 spiro atoms. The Labute approximate surface area is 143 Å². The van der Waals surface area contributed by atoms with Gasteiger partial charge in [0.15, 0.2) is 0 Å². The molecule has 0 aliphatic carbocycles. The number of aromatic carboxylic acids is 2. The third-order valence-corrected chi connectivity index (χ3v) is 6.03. The summed E-state index contributed by atoms with van der Waals surface area (Å²) in [4.78, 5) is 23.7. The van der Waals surface area contributed by atoms with Crippen LogP contribution in [-0.4, -0.2) is 31.3 Å². The Morgan fingerprint density at radius 1 is 0.750 bits per heavy atom. The van der Waals surface area contributed by atoms with Gasteiger partial charge in [0.1, 0.15) is 9.75 Å². The quantitative estimate of drug-likeness (QED) is 0.579. The molecule has 0 saturated carbocycles. The van der Waals surface area contributed by atoms with Crippen LogP contribution in [0.3, 0.4) is 0 Å². The average Bonchev–Trinajstić information content (AvgIpc) is 3.29. The monoisotopic (exact) mass is 358 g/mol. The van der Waals surface area contributed by atoms with Gasteiger partial charge in [-0.25, -0.2) is 9.59 Å². The van der Waals surface area contributed by atoms with Crippen LogP contribution in [0.1, 0.15) is 19.3 Å². The minimum atomic E-state index is -1.03. The highest BCUT2D eigenvalue weighted by Gasteiger charge is 2.28. The zero-order valence-electron chi connectivity index (χ0n) is 12.0. The number of fused-ring (bicyclic) bond motifs is 1. The first-order valence-corrected chi connectivity index (χ1v) is 8.53. The number of rotatable bonds is 4. The van der Waals surface area contributed by atoms with Crippen molar-refractivity contribution in [2.75, 3.05) is 0 Å². The molecule has 0 amide bonds. The second-order valence-corrected chi connectivity index (χ2v) is 7.31. The molecule has 0 atom stereocenters. The molecule has 4 rings (SSSR count). The van der Waals surface area contributed by atoms with E-state index < -0.39 is 11.9 Å². The molecular weight excluding hydrogens is 348 g/mol. The van der Waals surface area contributed by atoms with Gasteiger partial charge in [-0.05, 0) is 24.3 Å². The fourth-order valence-electron chi connectivity index (χ4n) is 2.69. The largest absolute Gasteiger partial charge is 0.477 e. The van der Waals surface area contributed by atoms with Gasteiger partial charge in [0, 0.05) is 24.8 Å². The van der Waals surface area contributed by atoms with Crippen molar-refractivity contribution < 1.29 is 19.8 Å². The van der Waals surface area contributed by atoms with Gasteiger partial charge in [-0.1, -0.05) is 0 Å². The van der Waals surface area contributed by atoms with E-state index in [2.05, 4.69) is 0 Å². The average molecular weight is 358 g/mol. The van der Waals surface area contributed by atoms with Crippen LogP contribution >= 0.6 is 22.7 Å². The van der Waals surface area contributed by atoms with Crippen LogP contribution < -0.4 is 0 Å². The summed E-state index contributed by atoms with van der Waals surface area (Å²) in [6.45, 7) is 0. The summed E-state index contributed by atoms with van der Waals surface area (Å²) in [6, 6.07) is 7.20. The first-order chi connectivity index (χ1) is 11.6. The highest BCUT2D eigenvalue weighted by Crippen LogP contribution is 2.45. The third-order valence-electron chi connectivity index (χ3n) is 3.61. The summed E-state index contributed by atoms with van der Waals surface area (Å²) in [5.74, 6) is -2.05. The molecule has 4 heterocycles. The van der Waals surface area contributed by atoms with Crippen molar-refractivity contribution >= 4 is 44.0 Å². The summed E-state index contributed by atoms with van der Waals surface area (Å²) in [5, 5.41) is 19.8. The lowest BCUT2D eigenvalue weighted by atomic mass is 10.2. The van der Waals surface area contributed by atoms with E-state index in [-0.39, 0.29) is 9.75 Å². The molecule has 4 aromatic rings. The first-order valence-electron chi connectivity index (χ1n) is 6.90. The van der Waals surface area contributed by atoms with E-state index in [4.69, 9.17) is 0 Å². The smallest absolute Gasteiger partial charge is 0.348 e. The Morgan fingerprint density at radius 3 is 1.46 bits per heavy atom. The van der Waals surface area contributed by atoms with E-state index in [9.17, 15) is 19.8 Å². The molecule has 0 fully saturated rings. The number of hydrogen-bond donors (Lipinski definition) is 2. The van der Waals surface area contributed by atoms with Crippen LogP contribution in [0, 0.1) is 0 Å². The van der Waals surface area contributed by atoms with Crippen LogP contribution in [0.25, 0.3) is 20.8 Å². The summed E-state index contributed by atoms with van der Waals surface area (Å²) in [7, 11) is 0. The topological polar surface area (TPSA) is 84.5 Å². The Morgan fingerprint density at radius 2 is 1.12 bits per heavy atom. The zero-order valence-corrected chi connectivity index (χ0v) is 13.7. The second kappa shape index (κ2) is 5.36. The number of carbonyl (C=O) groups is 2. The lowest BCUT2D eigenvalue weighted by molar-refractivity contribution is 0.0691. The van der Waals surface area contributed by atoms with Crippen LogP contribution in [0.2, 0.25) is 0 Å². The van der Waals surface area contributed by atoms with E-state index in [0.717, 1.165) is 22.7 Å². The predicted octanol–water partition coefficient (Wildman–Crippen LogP) is 3.94. The number of carboxylic acid groups (broad SMARTS) is 2. The molecule has 120 valence electrons. The van der Waals surface area contributed by atoms with Gasteiger partial charge < -0.3 is 19.3 Å². The van der Waals surface area contributed by atoms with E-state index in [0.29, 0.717) is 20.8 Å². The van der Waals surface area contributed by atoms with Crippen molar-refractivity contribution in [3.05, 3.63) is 58.8 Å². The zero-order chi connectivity index (χ0) is 16.8. The lowest BCUT2D eigenvalue weighted by Gasteiger charge is -2.07. The number of aromatic nitrogens is 2. The molecule has 8 heteroatoms. The van der Waals surface area contributed by atoms with Gasteiger partial charge in [0.05, 0.1) is 20.8 Å². The van der Waals surface area contributed by atoms with Gasteiger partial charge in [-0.15, -0.1) is 22.7 Å². The van der Waals surface area contributed by atoms with Crippen molar-refractivity contribution in [2.24, 2.45) is 0 Å². The molecule has 0 saturated heterocycles. The van der Waals surface area contributed by atoms with Gasteiger partial charge in [0.25, 0.3) is 0 Å². The standard InChI is InChI=1S/C16H10N2O4S2/c19-14(20)12-10(17-5-1-2-6-17)9-11(18-7-3-4-8-18)13(15(21)22)24-16(9)23-12/h1-8H,(H,19,20)(H,21,22). The summed E-state index contributed by atoms with van der Waals surface area (Å²) in [5.41, 5.74) is 1.000. The van der Waals surface area contributed by atoms with Gasteiger partial charge >= 0.3 is 11.9 Å². The van der Waals surface area contributed by atoms with Crippen LogP contribution in [0.5, 0.6) is 0 Å². The maximum absolute atomic E-state index is 11.7. The lowest BCUT2D eigenvalue weighted by Crippen LogP contribution is -2.03. The number of thiophene rings is 2. The molecule has 0 radical (unpaired) electrons. The molecule has 0 unspecified atom stereocenters. The fraction of sp³-hybridized carbons (Fsp3) is 0. The van der Waals surface area contributed by atoms with Gasteiger partial charge in [0.2, 0.25) is 0 Å². The minimum Gasteiger partial charge on any atom is -0.477 e. The van der Waals surface area contributed by atoms with Crippen molar-refractivity contribution in [3.8, 4) is 11.4 Å².